The topological polar surface area (TPSA) is 67.3 Å². The van der Waals surface area contributed by atoms with Gasteiger partial charge in [0.05, 0.1) is 12.2 Å². The molecule has 0 spiro atoms. The lowest BCUT2D eigenvalue weighted by Crippen LogP contribution is -2.31. The van der Waals surface area contributed by atoms with Crippen LogP contribution < -0.4 is 15.0 Å². The lowest BCUT2D eigenvalue weighted by Gasteiger charge is -2.30. The fourth-order valence-electron chi connectivity index (χ4n) is 3.66. The molecular weight excluding hydrogens is 388 g/mol. The van der Waals surface area contributed by atoms with Crippen molar-refractivity contribution in [3.05, 3.63) is 77.1 Å². The van der Waals surface area contributed by atoms with Gasteiger partial charge in [0, 0.05) is 25.0 Å². The van der Waals surface area contributed by atoms with Gasteiger partial charge in [0.15, 0.2) is 0 Å². The second-order valence-electron chi connectivity index (χ2n) is 7.83. The number of fused-ring (bicyclic) bond motifs is 1. The number of nitrogens with one attached hydrogen (secondary N) is 1. The van der Waals surface area contributed by atoms with E-state index >= 15 is 0 Å². The number of aromatic nitrogens is 2. The van der Waals surface area contributed by atoms with Crippen LogP contribution in [0.1, 0.15) is 46.9 Å². The van der Waals surface area contributed by atoms with Crippen LogP contribution in [-0.4, -0.2) is 29.0 Å². The summed E-state index contributed by atoms with van der Waals surface area (Å²) in [6.07, 6.45) is 4.78. The summed E-state index contributed by atoms with van der Waals surface area (Å²) in [4.78, 5) is 23.6. The molecule has 0 fully saturated rings. The molecule has 4 rings (SSSR count). The highest BCUT2D eigenvalue weighted by Gasteiger charge is 2.18. The van der Waals surface area contributed by atoms with Crippen LogP contribution >= 0.6 is 0 Å². The van der Waals surface area contributed by atoms with E-state index in [1.807, 2.05) is 31.2 Å². The minimum atomic E-state index is -0.211. The van der Waals surface area contributed by atoms with Crippen molar-refractivity contribution in [3.63, 3.8) is 0 Å². The van der Waals surface area contributed by atoms with E-state index in [-0.39, 0.29) is 5.91 Å². The Morgan fingerprint density at radius 2 is 2.06 bits per heavy atom. The second kappa shape index (κ2) is 9.60. The fourth-order valence-corrected chi connectivity index (χ4v) is 3.66. The highest BCUT2D eigenvalue weighted by Crippen LogP contribution is 2.26. The van der Waals surface area contributed by atoms with Crippen LogP contribution in [0.5, 0.6) is 5.75 Å². The number of hydrogen-bond donors (Lipinski definition) is 1. The first kappa shape index (κ1) is 20.8. The summed E-state index contributed by atoms with van der Waals surface area (Å²) in [7, 11) is 0. The molecule has 6 nitrogen and oxygen atoms in total. The molecule has 0 bridgehead atoms. The third-order valence-corrected chi connectivity index (χ3v) is 5.42. The van der Waals surface area contributed by atoms with Crippen LogP contribution in [0.2, 0.25) is 0 Å². The maximum Gasteiger partial charge on any atom is 0.258 e. The van der Waals surface area contributed by atoms with E-state index in [4.69, 9.17) is 4.74 Å². The molecular formula is C25H28N4O2. The van der Waals surface area contributed by atoms with Crippen molar-refractivity contribution in [3.8, 4) is 5.75 Å². The highest BCUT2D eigenvalue weighted by molar-refractivity contribution is 6.03. The van der Waals surface area contributed by atoms with Gasteiger partial charge in [-0.15, -0.1) is 0 Å². The van der Waals surface area contributed by atoms with Crippen LogP contribution in [0.4, 0.5) is 11.6 Å². The molecule has 1 aliphatic heterocycles. The summed E-state index contributed by atoms with van der Waals surface area (Å²) < 4.78 is 5.84. The molecule has 0 aliphatic carbocycles. The molecule has 1 N–H and O–H groups in total. The van der Waals surface area contributed by atoms with Gasteiger partial charge in [0.1, 0.15) is 17.4 Å². The monoisotopic (exact) mass is 416 g/mol. The van der Waals surface area contributed by atoms with E-state index in [0.717, 1.165) is 56.2 Å². The summed E-state index contributed by atoms with van der Waals surface area (Å²) in [6, 6.07) is 15.6. The number of aryl methyl sites for hydroxylation is 1. The largest absolute Gasteiger partial charge is 0.494 e. The molecule has 0 atom stereocenters. The Morgan fingerprint density at radius 3 is 2.84 bits per heavy atom. The quantitative estimate of drug-likeness (QED) is 0.562. The van der Waals surface area contributed by atoms with Gasteiger partial charge in [0.25, 0.3) is 5.91 Å². The van der Waals surface area contributed by atoms with Crippen molar-refractivity contribution in [1.82, 2.24) is 9.97 Å². The zero-order valence-corrected chi connectivity index (χ0v) is 18.1. The van der Waals surface area contributed by atoms with Gasteiger partial charge >= 0.3 is 0 Å². The van der Waals surface area contributed by atoms with Crippen molar-refractivity contribution in [2.24, 2.45) is 0 Å². The second-order valence-corrected chi connectivity index (χ2v) is 7.83. The molecule has 0 saturated heterocycles. The number of unbranched alkanes of at least 4 members (excludes halogenated alkanes) is 1. The van der Waals surface area contributed by atoms with Gasteiger partial charge in [-0.05, 0) is 67.3 Å². The van der Waals surface area contributed by atoms with Gasteiger partial charge < -0.3 is 15.0 Å². The first-order chi connectivity index (χ1) is 15.1. The van der Waals surface area contributed by atoms with Crippen LogP contribution in [0, 0.1) is 6.92 Å². The third-order valence-electron chi connectivity index (χ3n) is 5.42. The fraction of sp³-hybridized carbons (Fsp3) is 0.320. The van der Waals surface area contributed by atoms with E-state index in [0.29, 0.717) is 11.4 Å². The summed E-state index contributed by atoms with van der Waals surface area (Å²) >= 11 is 0. The van der Waals surface area contributed by atoms with Crippen molar-refractivity contribution in [1.29, 1.82) is 0 Å². The molecule has 0 saturated carbocycles. The number of amides is 1. The Morgan fingerprint density at radius 1 is 1.16 bits per heavy atom. The van der Waals surface area contributed by atoms with Gasteiger partial charge in [-0.1, -0.05) is 25.5 Å². The maximum atomic E-state index is 12.5. The molecule has 1 aliphatic rings. The van der Waals surface area contributed by atoms with Gasteiger partial charge in [0.2, 0.25) is 0 Å². The summed E-state index contributed by atoms with van der Waals surface area (Å²) in [5.74, 6) is 2.16. The predicted molar refractivity (Wildman–Crippen MR) is 123 cm³/mol. The Hall–Kier alpha value is -3.41. The molecule has 31 heavy (non-hydrogen) atoms. The predicted octanol–water partition coefficient (Wildman–Crippen LogP) is 4.78. The first-order valence-electron chi connectivity index (χ1n) is 10.8. The first-order valence-corrected chi connectivity index (χ1v) is 10.8. The van der Waals surface area contributed by atoms with E-state index in [2.05, 4.69) is 45.3 Å². The number of benzene rings is 1. The lowest BCUT2D eigenvalue weighted by atomic mass is 9.99. The third kappa shape index (κ3) is 5.20. The number of carbonyl (C=O) groups is 1. The molecule has 0 unspecified atom stereocenters. The van der Waals surface area contributed by atoms with E-state index in [9.17, 15) is 4.79 Å². The van der Waals surface area contributed by atoms with E-state index in [1.54, 1.807) is 12.3 Å². The number of nitrogens with zero attached hydrogens (tertiary/aromatic N) is 3. The van der Waals surface area contributed by atoms with Gasteiger partial charge in [-0.3, -0.25) is 4.79 Å². The molecule has 0 radical (unpaired) electrons. The minimum Gasteiger partial charge on any atom is -0.494 e. The highest BCUT2D eigenvalue weighted by atomic mass is 16.5. The molecule has 1 aromatic carbocycles. The molecule has 3 aromatic rings. The number of rotatable bonds is 7. The number of ether oxygens (including phenoxy) is 1. The van der Waals surface area contributed by atoms with E-state index < -0.39 is 0 Å². The van der Waals surface area contributed by atoms with Crippen LogP contribution in [0.15, 0.2) is 54.7 Å². The maximum absolute atomic E-state index is 12.5. The van der Waals surface area contributed by atoms with Crippen molar-refractivity contribution < 1.29 is 9.53 Å². The Labute approximate surface area is 183 Å². The SMILES string of the molecule is CCCCOc1ccc2c(c1)CCN(c1ccc(C(=O)Nc3cccc(C)n3)cn1)C2. The smallest absolute Gasteiger partial charge is 0.258 e. The molecule has 6 heteroatoms. The zero-order valence-electron chi connectivity index (χ0n) is 18.1. The van der Waals surface area contributed by atoms with Crippen molar-refractivity contribution >= 4 is 17.5 Å². The Bertz CT molecular complexity index is 1050. The molecule has 3 heterocycles. The van der Waals surface area contributed by atoms with E-state index in [1.165, 1.54) is 11.1 Å². The standard InChI is InChI=1S/C25H28N4O2/c1-3-4-14-31-22-10-8-21-17-29(13-12-19(21)15-22)24-11-9-20(16-26-24)25(30)28-23-7-5-6-18(2)27-23/h5-11,15-16H,3-4,12-14,17H2,1-2H3,(H,27,28,30). The number of hydrogen-bond acceptors (Lipinski definition) is 5. The van der Waals surface area contributed by atoms with Crippen LogP contribution in [-0.2, 0) is 13.0 Å². The number of pyridine rings is 2. The average Bonchev–Trinajstić information content (AvgIpc) is 2.79. The van der Waals surface area contributed by atoms with Gasteiger partial charge in [-0.2, -0.15) is 0 Å². The number of anilines is 2. The Kier molecular flexibility index (Phi) is 6.46. The zero-order chi connectivity index (χ0) is 21.6. The Balaban J connectivity index is 1.39. The van der Waals surface area contributed by atoms with Crippen molar-refractivity contribution in [2.75, 3.05) is 23.4 Å². The molecule has 160 valence electrons. The van der Waals surface area contributed by atoms with Crippen molar-refractivity contribution in [2.45, 2.75) is 39.7 Å². The summed E-state index contributed by atoms with van der Waals surface area (Å²) in [6.45, 7) is 6.51. The summed E-state index contributed by atoms with van der Waals surface area (Å²) in [5.41, 5.74) is 4.00. The average molecular weight is 417 g/mol. The summed E-state index contributed by atoms with van der Waals surface area (Å²) in [5, 5.41) is 2.82. The lowest BCUT2D eigenvalue weighted by molar-refractivity contribution is 0.102. The number of carbonyl (C=O) groups excluding carboxylic acids is 1. The molecule has 1 amide bonds. The minimum absolute atomic E-state index is 0.211. The van der Waals surface area contributed by atoms with Gasteiger partial charge in [-0.25, -0.2) is 9.97 Å². The molecule has 2 aromatic heterocycles. The van der Waals surface area contributed by atoms with Crippen LogP contribution in [0.3, 0.4) is 0 Å². The van der Waals surface area contributed by atoms with Crippen LogP contribution in [0.25, 0.3) is 0 Å². The normalized spacial score (nSPS) is 12.9.